The van der Waals surface area contributed by atoms with Crippen LogP contribution in [0, 0.1) is 0 Å². The minimum absolute atomic E-state index is 0.00977. The van der Waals surface area contributed by atoms with Crippen molar-refractivity contribution in [3.8, 4) is 5.75 Å². The van der Waals surface area contributed by atoms with Gasteiger partial charge in [-0.15, -0.1) is 0 Å². The topological polar surface area (TPSA) is 41.6 Å². The Bertz CT molecular complexity index is 462. The molecule has 1 aromatic rings. The fourth-order valence-electron chi connectivity index (χ4n) is 3.08. The van der Waals surface area contributed by atoms with Crippen LogP contribution >= 0.6 is 0 Å². The first-order valence-electron chi connectivity index (χ1n) is 7.67. The van der Waals surface area contributed by atoms with Gasteiger partial charge in [0.1, 0.15) is 5.75 Å². The number of nitrogens with one attached hydrogen (secondary N) is 1. The number of amides is 1. The molecule has 4 nitrogen and oxygen atoms in total. The van der Waals surface area contributed by atoms with Gasteiger partial charge in [-0.05, 0) is 51.2 Å². The number of likely N-dealkylation sites (N-methyl/N-ethyl adjacent to an activating group) is 1. The van der Waals surface area contributed by atoms with Gasteiger partial charge < -0.3 is 15.0 Å². The normalized spacial score (nSPS) is 17.5. The molecule has 0 unspecified atom stereocenters. The summed E-state index contributed by atoms with van der Waals surface area (Å²) in [5, 5.41) is 3.11. The number of nitrogens with zero attached hydrogens (tertiary/aromatic N) is 1. The summed E-state index contributed by atoms with van der Waals surface area (Å²) in [4.78, 5) is 14.6. The van der Waals surface area contributed by atoms with Crippen molar-refractivity contribution in [2.75, 3.05) is 27.7 Å². The maximum Gasteiger partial charge on any atom is 0.251 e. The van der Waals surface area contributed by atoms with Crippen LogP contribution in [0.15, 0.2) is 24.3 Å². The van der Waals surface area contributed by atoms with Crippen LogP contribution < -0.4 is 10.1 Å². The van der Waals surface area contributed by atoms with Crippen molar-refractivity contribution >= 4 is 5.91 Å². The molecule has 0 bridgehead atoms. The van der Waals surface area contributed by atoms with Crippen molar-refractivity contribution in [2.24, 2.45) is 0 Å². The number of hydrogen-bond donors (Lipinski definition) is 1. The van der Waals surface area contributed by atoms with E-state index < -0.39 is 0 Å². The molecule has 0 saturated heterocycles. The third kappa shape index (κ3) is 3.76. The van der Waals surface area contributed by atoms with Crippen LogP contribution in [0.5, 0.6) is 5.75 Å². The van der Waals surface area contributed by atoms with E-state index in [2.05, 4.69) is 24.3 Å². The number of rotatable bonds is 5. The third-order valence-corrected chi connectivity index (χ3v) is 4.66. The summed E-state index contributed by atoms with van der Waals surface area (Å²) >= 11 is 0. The summed E-state index contributed by atoms with van der Waals surface area (Å²) in [6, 6.07) is 7.24. The van der Waals surface area contributed by atoms with Crippen LogP contribution in [0.2, 0.25) is 0 Å². The van der Waals surface area contributed by atoms with E-state index in [1.165, 1.54) is 19.3 Å². The molecule has 1 aliphatic carbocycles. The number of benzene rings is 1. The Kier molecular flexibility index (Phi) is 5.23. The van der Waals surface area contributed by atoms with Crippen molar-refractivity contribution in [3.63, 3.8) is 0 Å². The summed E-state index contributed by atoms with van der Waals surface area (Å²) in [5.41, 5.74) is 0.793. The van der Waals surface area contributed by atoms with Crippen molar-refractivity contribution in [1.82, 2.24) is 10.2 Å². The van der Waals surface area contributed by atoms with Gasteiger partial charge in [0.05, 0.1) is 7.11 Å². The second-order valence-electron chi connectivity index (χ2n) is 6.09. The van der Waals surface area contributed by atoms with E-state index in [-0.39, 0.29) is 11.4 Å². The highest BCUT2D eigenvalue weighted by molar-refractivity contribution is 5.94. The highest BCUT2D eigenvalue weighted by atomic mass is 16.5. The van der Waals surface area contributed by atoms with Crippen LogP contribution in [-0.4, -0.2) is 44.1 Å². The zero-order valence-corrected chi connectivity index (χ0v) is 13.3. The molecule has 1 aliphatic rings. The average molecular weight is 290 g/mol. The van der Waals surface area contributed by atoms with Crippen molar-refractivity contribution < 1.29 is 9.53 Å². The lowest BCUT2D eigenvalue weighted by atomic mass is 9.80. The molecule has 1 amide bonds. The lowest BCUT2D eigenvalue weighted by Gasteiger charge is -2.43. The molecular weight excluding hydrogens is 264 g/mol. The molecule has 0 atom stereocenters. The molecule has 116 valence electrons. The van der Waals surface area contributed by atoms with Gasteiger partial charge in [-0.1, -0.05) is 19.3 Å². The Labute approximate surface area is 127 Å². The molecular formula is C17H26N2O2. The molecule has 1 aromatic carbocycles. The average Bonchev–Trinajstić information content (AvgIpc) is 2.53. The molecule has 1 saturated carbocycles. The number of hydrogen-bond acceptors (Lipinski definition) is 3. The molecule has 2 rings (SSSR count). The highest BCUT2D eigenvalue weighted by Crippen LogP contribution is 2.31. The van der Waals surface area contributed by atoms with Crippen LogP contribution in [0.25, 0.3) is 0 Å². The third-order valence-electron chi connectivity index (χ3n) is 4.66. The van der Waals surface area contributed by atoms with Gasteiger partial charge in [0.25, 0.3) is 5.91 Å². The molecule has 21 heavy (non-hydrogen) atoms. The lowest BCUT2D eigenvalue weighted by Crippen LogP contribution is -2.53. The van der Waals surface area contributed by atoms with Crippen molar-refractivity contribution in [3.05, 3.63) is 29.8 Å². The van der Waals surface area contributed by atoms with E-state index in [1.807, 2.05) is 12.1 Å². The Morgan fingerprint density at radius 3 is 2.33 bits per heavy atom. The van der Waals surface area contributed by atoms with Crippen LogP contribution in [-0.2, 0) is 0 Å². The maximum atomic E-state index is 12.3. The Hall–Kier alpha value is -1.55. The monoisotopic (exact) mass is 290 g/mol. The fourth-order valence-corrected chi connectivity index (χ4v) is 3.08. The van der Waals surface area contributed by atoms with E-state index in [4.69, 9.17) is 4.74 Å². The molecule has 1 fully saturated rings. The van der Waals surface area contributed by atoms with Gasteiger partial charge in [0, 0.05) is 17.6 Å². The van der Waals surface area contributed by atoms with E-state index in [1.54, 1.807) is 19.2 Å². The van der Waals surface area contributed by atoms with Crippen LogP contribution in [0.3, 0.4) is 0 Å². The fraction of sp³-hybridized carbons (Fsp3) is 0.588. The molecule has 1 N–H and O–H groups in total. The van der Waals surface area contributed by atoms with Crippen LogP contribution in [0.4, 0.5) is 0 Å². The SMILES string of the molecule is COc1ccc(C(=O)NCC2(N(C)C)CCCCC2)cc1. The summed E-state index contributed by atoms with van der Waals surface area (Å²) in [7, 11) is 5.86. The van der Waals surface area contributed by atoms with E-state index in [9.17, 15) is 4.79 Å². The van der Waals surface area contributed by atoms with E-state index in [0.717, 1.165) is 18.6 Å². The predicted octanol–water partition coefficient (Wildman–Crippen LogP) is 2.69. The number of carbonyl (C=O) groups is 1. The first kappa shape index (κ1) is 15.8. The minimum Gasteiger partial charge on any atom is -0.497 e. The number of ether oxygens (including phenoxy) is 1. The summed E-state index contributed by atoms with van der Waals surface area (Å²) in [6.45, 7) is 0.713. The van der Waals surface area contributed by atoms with Gasteiger partial charge in [-0.2, -0.15) is 0 Å². The molecule has 4 heteroatoms. The second-order valence-corrected chi connectivity index (χ2v) is 6.09. The molecule has 0 radical (unpaired) electrons. The number of carbonyl (C=O) groups excluding carboxylic acids is 1. The Balaban J connectivity index is 1.98. The standard InChI is InChI=1S/C17H26N2O2/c1-19(2)17(11-5-4-6-12-17)13-18-16(20)14-7-9-15(21-3)10-8-14/h7-10H,4-6,11-13H2,1-3H3,(H,18,20). The van der Waals surface area contributed by atoms with Gasteiger partial charge in [-0.3, -0.25) is 4.79 Å². The van der Waals surface area contributed by atoms with Gasteiger partial charge >= 0.3 is 0 Å². The molecule has 0 aliphatic heterocycles. The summed E-state index contributed by atoms with van der Waals surface area (Å²) in [6.07, 6.45) is 6.11. The Morgan fingerprint density at radius 1 is 1.19 bits per heavy atom. The van der Waals surface area contributed by atoms with Crippen LogP contribution in [0.1, 0.15) is 42.5 Å². The van der Waals surface area contributed by atoms with Gasteiger partial charge in [0.15, 0.2) is 0 Å². The molecule has 0 aromatic heterocycles. The first-order chi connectivity index (χ1) is 10.1. The van der Waals surface area contributed by atoms with Crippen molar-refractivity contribution in [2.45, 2.75) is 37.6 Å². The van der Waals surface area contributed by atoms with E-state index >= 15 is 0 Å². The largest absolute Gasteiger partial charge is 0.497 e. The zero-order valence-electron chi connectivity index (χ0n) is 13.3. The quantitative estimate of drug-likeness (QED) is 0.906. The second kappa shape index (κ2) is 6.94. The zero-order chi connectivity index (χ0) is 15.3. The minimum atomic E-state index is -0.00977. The van der Waals surface area contributed by atoms with E-state index in [0.29, 0.717) is 12.1 Å². The summed E-state index contributed by atoms with van der Waals surface area (Å²) < 4.78 is 5.11. The van der Waals surface area contributed by atoms with Crippen molar-refractivity contribution in [1.29, 1.82) is 0 Å². The highest BCUT2D eigenvalue weighted by Gasteiger charge is 2.34. The lowest BCUT2D eigenvalue weighted by molar-refractivity contribution is 0.0799. The summed E-state index contributed by atoms with van der Waals surface area (Å²) in [5.74, 6) is 0.757. The maximum absolute atomic E-state index is 12.3. The van der Waals surface area contributed by atoms with Gasteiger partial charge in [0.2, 0.25) is 0 Å². The Morgan fingerprint density at radius 2 is 1.81 bits per heavy atom. The predicted molar refractivity (Wildman–Crippen MR) is 84.8 cm³/mol. The smallest absolute Gasteiger partial charge is 0.251 e. The first-order valence-corrected chi connectivity index (χ1v) is 7.67. The molecule has 0 spiro atoms. The van der Waals surface area contributed by atoms with Gasteiger partial charge in [-0.25, -0.2) is 0 Å². The molecule has 0 heterocycles. The number of methoxy groups -OCH3 is 1.